The summed E-state index contributed by atoms with van der Waals surface area (Å²) < 4.78 is 9.76. The maximum Gasteiger partial charge on any atom is 0.343 e. The van der Waals surface area contributed by atoms with Crippen molar-refractivity contribution in [1.82, 2.24) is 5.32 Å². The summed E-state index contributed by atoms with van der Waals surface area (Å²) in [7, 11) is 1.28. The van der Waals surface area contributed by atoms with Crippen LogP contribution in [-0.4, -0.2) is 42.8 Å². The number of hydrogen-bond acceptors (Lipinski definition) is 5. The van der Waals surface area contributed by atoms with Crippen LogP contribution in [0.1, 0.15) is 25.7 Å². The van der Waals surface area contributed by atoms with Crippen LogP contribution in [0.15, 0.2) is 24.3 Å². The largest absolute Gasteiger partial charge is 0.482 e. The minimum absolute atomic E-state index is 0.0330. The highest BCUT2D eigenvalue weighted by atomic mass is 16.6. The zero-order valence-electron chi connectivity index (χ0n) is 14.0. The predicted molar refractivity (Wildman–Crippen MR) is 89.5 cm³/mol. The van der Waals surface area contributed by atoms with Crippen LogP contribution in [0.4, 0.5) is 10.5 Å². The van der Waals surface area contributed by atoms with Crippen LogP contribution in [-0.2, 0) is 14.3 Å². The first-order chi connectivity index (χ1) is 12.0. The SMILES string of the molecule is COC(=O)COc1cccc(NC(=O)NC2CCC(C(=O)O)CC2)c1. The van der Waals surface area contributed by atoms with Crippen LogP contribution < -0.4 is 15.4 Å². The van der Waals surface area contributed by atoms with E-state index in [2.05, 4.69) is 15.4 Å². The molecule has 2 amide bonds. The highest BCUT2D eigenvalue weighted by molar-refractivity contribution is 5.89. The van der Waals surface area contributed by atoms with Crippen molar-refractivity contribution >= 4 is 23.7 Å². The normalized spacial score (nSPS) is 19.6. The van der Waals surface area contributed by atoms with Gasteiger partial charge in [0, 0.05) is 17.8 Å². The van der Waals surface area contributed by atoms with Gasteiger partial charge in [-0.15, -0.1) is 0 Å². The van der Waals surface area contributed by atoms with E-state index >= 15 is 0 Å². The number of esters is 1. The molecule has 1 saturated carbocycles. The van der Waals surface area contributed by atoms with Gasteiger partial charge in [-0.2, -0.15) is 0 Å². The lowest BCUT2D eigenvalue weighted by atomic mass is 9.86. The van der Waals surface area contributed by atoms with Crippen molar-refractivity contribution in [2.45, 2.75) is 31.7 Å². The van der Waals surface area contributed by atoms with Gasteiger partial charge in [0.05, 0.1) is 13.0 Å². The number of hydrogen-bond donors (Lipinski definition) is 3. The van der Waals surface area contributed by atoms with Crippen molar-refractivity contribution in [2.24, 2.45) is 5.92 Å². The highest BCUT2D eigenvalue weighted by Crippen LogP contribution is 2.24. The molecule has 1 aliphatic rings. The first-order valence-corrected chi connectivity index (χ1v) is 8.08. The molecule has 136 valence electrons. The van der Waals surface area contributed by atoms with E-state index in [1.807, 2.05) is 0 Å². The first kappa shape index (κ1) is 18.6. The fourth-order valence-corrected chi connectivity index (χ4v) is 2.70. The summed E-state index contributed by atoms with van der Waals surface area (Å²) in [6.07, 6.45) is 2.42. The Bertz CT molecular complexity index is 625. The average molecular weight is 350 g/mol. The summed E-state index contributed by atoms with van der Waals surface area (Å²) in [5.74, 6) is -1.14. The minimum atomic E-state index is -0.772. The lowest BCUT2D eigenvalue weighted by Crippen LogP contribution is -2.40. The second kappa shape index (κ2) is 8.91. The quantitative estimate of drug-likeness (QED) is 0.676. The van der Waals surface area contributed by atoms with Gasteiger partial charge < -0.3 is 25.2 Å². The van der Waals surface area contributed by atoms with E-state index in [1.54, 1.807) is 24.3 Å². The van der Waals surface area contributed by atoms with Crippen molar-refractivity contribution in [3.05, 3.63) is 24.3 Å². The molecule has 0 bridgehead atoms. The van der Waals surface area contributed by atoms with Gasteiger partial charge in [-0.25, -0.2) is 9.59 Å². The van der Waals surface area contributed by atoms with E-state index in [4.69, 9.17) is 9.84 Å². The second-order valence-electron chi connectivity index (χ2n) is 5.88. The molecule has 8 heteroatoms. The number of anilines is 1. The van der Waals surface area contributed by atoms with Crippen molar-refractivity contribution in [3.63, 3.8) is 0 Å². The third-order valence-corrected chi connectivity index (χ3v) is 4.09. The van der Waals surface area contributed by atoms with Crippen LogP contribution in [0.3, 0.4) is 0 Å². The average Bonchev–Trinajstić information content (AvgIpc) is 2.60. The number of rotatable bonds is 6. The number of benzene rings is 1. The number of methoxy groups -OCH3 is 1. The van der Waals surface area contributed by atoms with Gasteiger partial charge in [-0.3, -0.25) is 4.79 Å². The van der Waals surface area contributed by atoms with Gasteiger partial charge in [-0.1, -0.05) is 6.07 Å². The zero-order valence-corrected chi connectivity index (χ0v) is 14.0. The third kappa shape index (κ3) is 5.98. The van der Waals surface area contributed by atoms with Crippen molar-refractivity contribution in [1.29, 1.82) is 0 Å². The summed E-state index contributed by atoms with van der Waals surface area (Å²) in [6.45, 7) is -0.209. The predicted octanol–water partition coefficient (Wildman–Crippen LogP) is 2.00. The van der Waals surface area contributed by atoms with E-state index < -0.39 is 11.9 Å². The van der Waals surface area contributed by atoms with E-state index in [0.717, 1.165) is 0 Å². The summed E-state index contributed by atoms with van der Waals surface area (Å²) in [6, 6.07) is 6.27. The fourth-order valence-electron chi connectivity index (χ4n) is 2.70. The number of carboxylic acid groups (broad SMARTS) is 1. The molecule has 0 spiro atoms. The Labute approximate surface area is 145 Å². The molecular formula is C17H22N2O6. The number of carbonyl (C=O) groups is 3. The molecule has 2 rings (SSSR count). The highest BCUT2D eigenvalue weighted by Gasteiger charge is 2.26. The fraction of sp³-hybridized carbons (Fsp3) is 0.471. The van der Waals surface area contributed by atoms with Gasteiger partial charge in [0.15, 0.2) is 6.61 Å². The van der Waals surface area contributed by atoms with Crippen LogP contribution in [0, 0.1) is 5.92 Å². The first-order valence-electron chi connectivity index (χ1n) is 8.08. The van der Waals surface area contributed by atoms with Crippen LogP contribution >= 0.6 is 0 Å². The Morgan fingerprint density at radius 1 is 1.20 bits per heavy atom. The lowest BCUT2D eigenvalue weighted by Gasteiger charge is -2.26. The monoisotopic (exact) mass is 350 g/mol. The van der Waals surface area contributed by atoms with Gasteiger partial charge in [0.1, 0.15) is 5.75 Å². The number of nitrogens with one attached hydrogen (secondary N) is 2. The Hall–Kier alpha value is -2.77. The Morgan fingerprint density at radius 2 is 1.92 bits per heavy atom. The number of aliphatic carboxylic acids is 1. The molecule has 1 aromatic rings. The van der Waals surface area contributed by atoms with Gasteiger partial charge in [0.25, 0.3) is 0 Å². The molecule has 0 radical (unpaired) electrons. The number of amides is 2. The summed E-state index contributed by atoms with van der Waals surface area (Å²) in [5.41, 5.74) is 0.527. The molecule has 1 fully saturated rings. The van der Waals surface area contributed by atoms with Crippen LogP contribution in [0.5, 0.6) is 5.75 Å². The molecule has 0 unspecified atom stereocenters. The third-order valence-electron chi connectivity index (χ3n) is 4.09. The van der Waals surface area contributed by atoms with Gasteiger partial charge >= 0.3 is 18.0 Å². The standard InChI is InChI=1S/C17H22N2O6/c1-24-15(20)10-25-14-4-2-3-13(9-14)19-17(23)18-12-7-5-11(6-8-12)16(21)22/h2-4,9,11-12H,5-8,10H2,1H3,(H,21,22)(H2,18,19,23). The number of ether oxygens (including phenoxy) is 2. The minimum Gasteiger partial charge on any atom is -0.482 e. The second-order valence-corrected chi connectivity index (χ2v) is 5.88. The summed E-state index contributed by atoms with van der Waals surface area (Å²) in [4.78, 5) is 34.1. The molecule has 0 aliphatic heterocycles. The maximum atomic E-state index is 12.1. The molecule has 1 aliphatic carbocycles. The lowest BCUT2D eigenvalue weighted by molar-refractivity contribution is -0.143. The van der Waals surface area contributed by atoms with Crippen molar-refractivity contribution in [3.8, 4) is 5.75 Å². The molecule has 1 aromatic carbocycles. The van der Waals surface area contributed by atoms with Crippen LogP contribution in [0.25, 0.3) is 0 Å². The smallest absolute Gasteiger partial charge is 0.343 e. The maximum absolute atomic E-state index is 12.1. The molecule has 25 heavy (non-hydrogen) atoms. The van der Waals surface area contributed by atoms with E-state index in [-0.39, 0.29) is 24.6 Å². The van der Waals surface area contributed by atoms with E-state index in [0.29, 0.717) is 37.1 Å². The number of carboxylic acids is 1. The zero-order chi connectivity index (χ0) is 18.2. The van der Waals surface area contributed by atoms with Crippen LogP contribution in [0.2, 0.25) is 0 Å². The van der Waals surface area contributed by atoms with E-state index in [9.17, 15) is 14.4 Å². The topological polar surface area (TPSA) is 114 Å². The number of carbonyl (C=O) groups excluding carboxylic acids is 2. The molecule has 0 heterocycles. The Balaban J connectivity index is 1.80. The van der Waals surface area contributed by atoms with E-state index in [1.165, 1.54) is 7.11 Å². The Morgan fingerprint density at radius 3 is 2.56 bits per heavy atom. The molecule has 0 aromatic heterocycles. The summed E-state index contributed by atoms with van der Waals surface area (Å²) in [5, 5.41) is 14.5. The Kier molecular flexibility index (Phi) is 6.62. The molecule has 0 atom stereocenters. The molecule has 8 nitrogen and oxygen atoms in total. The summed E-state index contributed by atoms with van der Waals surface area (Å²) >= 11 is 0. The van der Waals surface area contributed by atoms with Crippen molar-refractivity contribution in [2.75, 3.05) is 19.0 Å². The van der Waals surface area contributed by atoms with Crippen molar-refractivity contribution < 1.29 is 29.0 Å². The number of urea groups is 1. The molecular weight excluding hydrogens is 328 g/mol. The molecule has 0 saturated heterocycles. The van der Waals surface area contributed by atoms with Gasteiger partial charge in [-0.05, 0) is 37.8 Å². The van der Waals surface area contributed by atoms with Gasteiger partial charge in [0.2, 0.25) is 0 Å². The molecule has 3 N–H and O–H groups in total.